The number of carbonyl (C=O) groups is 1. The zero-order chi connectivity index (χ0) is 11.0. The third-order valence-electron chi connectivity index (χ3n) is 2.67. The first-order chi connectivity index (χ1) is 7.08. The molecule has 0 saturated carbocycles. The van der Waals surface area contributed by atoms with Crippen LogP contribution in [0.3, 0.4) is 0 Å². The highest BCUT2D eigenvalue weighted by atomic mass is 16.6. The van der Waals surface area contributed by atoms with Crippen LogP contribution in [0.15, 0.2) is 12.1 Å². The molecule has 3 heteroatoms. The summed E-state index contributed by atoms with van der Waals surface area (Å²) >= 11 is 0. The Bertz CT molecular complexity index is 410. The van der Waals surface area contributed by atoms with Crippen molar-refractivity contribution >= 4 is 5.78 Å². The Balaban J connectivity index is 2.34. The van der Waals surface area contributed by atoms with Crippen LogP contribution in [0.25, 0.3) is 0 Å². The molecule has 0 spiro atoms. The van der Waals surface area contributed by atoms with Crippen LogP contribution >= 0.6 is 0 Å². The van der Waals surface area contributed by atoms with Crippen molar-refractivity contribution in [3.8, 4) is 11.5 Å². The van der Waals surface area contributed by atoms with Crippen LogP contribution in [0.5, 0.6) is 11.5 Å². The van der Waals surface area contributed by atoms with Crippen LogP contribution in [-0.2, 0) is 4.79 Å². The first-order valence-corrected chi connectivity index (χ1v) is 4.99. The molecule has 0 radical (unpaired) electrons. The van der Waals surface area contributed by atoms with Gasteiger partial charge < -0.3 is 9.47 Å². The number of ether oxygens (including phenoxy) is 2. The minimum atomic E-state index is -0.459. The van der Waals surface area contributed by atoms with E-state index in [0.29, 0.717) is 12.4 Å². The quantitative estimate of drug-likeness (QED) is 0.705. The topological polar surface area (TPSA) is 35.5 Å². The molecule has 15 heavy (non-hydrogen) atoms. The van der Waals surface area contributed by atoms with Gasteiger partial charge in [0.25, 0.3) is 0 Å². The lowest BCUT2D eigenvalue weighted by molar-refractivity contribution is -0.125. The van der Waals surface area contributed by atoms with Crippen LogP contribution in [0.4, 0.5) is 0 Å². The average Bonchev–Trinajstić information content (AvgIpc) is 2.19. The first-order valence-electron chi connectivity index (χ1n) is 4.99. The van der Waals surface area contributed by atoms with Gasteiger partial charge in [0.05, 0.1) is 0 Å². The third kappa shape index (κ3) is 1.82. The number of fused-ring (bicyclic) bond motifs is 1. The predicted molar refractivity (Wildman–Crippen MR) is 56.5 cm³/mol. The molecule has 0 bridgehead atoms. The van der Waals surface area contributed by atoms with Gasteiger partial charge in [0, 0.05) is 0 Å². The number of carbonyl (C=O) groups excluding carboxylic acids is 1. The fourth-order valence-electron chi connectivity index (χ4n) is 1.52. The fourth-order valence-corrected chi connectivity index (χ4v) is 1.52. The lowest BCUT2D eigenvalue weighted by atomic mass is 10.1. The summed E-state index contributed by atoms with van der Waals surface area (Å²) in [7, 11) is 0. The third-order valence-corrected chi connectivity index (χ3v) is 2.67. The maximum atomic E-state index is 11.2. The van der Waals surface area contributed by atoms with Gasteiger partial charge in [-0.15, -0.1) is 0 Å². The summed E-state index contributed by atoms with van der Waals surface area (Å²) in [5.41, 5.74) is 2.31. The molecule has 0 aromatic heterocycles. The molecular weight excluding hydrogens is 192 g/mol. The van der Waals surface area contributed by atoms with Crippen molar-refractivity contribution < 1.29 is 14.3 Å². The zero-order valence-corrected chi connectivity index (χ0v) is 9.16. The SMILES string of the molecule is CC(=O)C1COc2cc(C)c(C)cc2O1. The van der Waals surface area contributed by atoms with E-state index in [0.717, 1.165) is 11.3 Å². The maximum absolute atomic E-state index is 11.2. The smallest absolute Gasteiger partial charge is 0.190 e. The van der Waals surface area contributed by atoms with Crippen molar-refractivity contribution in [2.24, 2.45) is 0 Å². The summed E-state index contributed by atoms with van der Waals surface area (Å²) in [5.74, 6) is 1.40. The van der Waals surface area contributed by atoms with E-state index in [1.165, 1.54) is 12.5 Å². The van der Waals surface area contributed by atoms with E-state index in [2.05, 4.69) is 0 Å². The number of Topliss-reactive ketones (excluding diaryl/α,β-unsaturated/α-hetero) is 1. The molecule has 1 unspecified atom stereocenters. The zero-order valence-electron chi connectivity index (χ0n) is 9.16. The van der Waals surface area contributed by atoms with Gasteiger partial charge in [0.15, 0.2) is 23.4 Å². The van der Waals surface area contributed by atoms with E-state index in [9.17, 15) is 4.79 Å². The molecule has 0 aliphatic carbocycles. The van der Waals surface area contributed by atoms with Gasteiger partial charge >= 0.3 is 0 Å². The first kappa shape index (κ1) is 10.0. The molecule has 1 aliphatic heterocycles. The highest BCUT2D eigenvalue weighted by Gasteiger charge is 2.24. The Morgan fingerprint density at radius 1 is 1.27 bits per heavy atom. The van der Waals surface area contributed by atoms with Crippen LogP contribution in [0.1, 0.15) is 18.1 Å². The molecular formula is C12H14O3. The highest BCUT2D eigenvalue weighted by Crippen LogP contribution is 2.34. The van der Waals surface area contributed by atoms with Gasteiger partial charge in [-0.25, -0.2) is 0 Å². The van der Waals surface area contributed by atoms with Crippen LogP contribution in [0, 0.1) is 13.8 Å². The average molecular weight is 206 g/mol. The molecule has 0 fully saturated rings. The normalized spacial score (nSPS) is 18.7. The number of hydrogen-bond acceptors (Lipinski definition) is 3. The van der Waals surface area contributed by atoms with Crippen LogP contribution < -0.4 is 9.47 Å². The fraction of sp³-hybridized carbons (Fsp3) is 0.417. The van der Waals surface area contributed by atoms with Gasteiger partial charge in [-0.05, 0) is 44.0 Å². The summed E-state index contributed by atoms with van der Waals surface area (Å²) < 4.78 is 11.0. The number of rotatable bonds is 1. The second-order valence-electron chi connectivity index (χ2n) is 3.91. The number of benzene rings is 1. The summed E-state index contributed by atoms with van der Waals surface area (Å²) in [6, 6.07) is 3.86. The van der Waals surface area contributed by atoms with Crippen molar-refractivity contribution in [3.05, 3.63) is 23.3 Å². The Labute approximate surface area is 89.0 Å². The highest BCUT2D eigenvalue weighted by molar-refractivity contribution is 5.81. The molecule has 1 heterocycles. The largest absolute Gasteiger partial charge is 0.485 e. The van der Waals surface area contributed by atoms with Gasteiger partial charge in [-0.2, -0.15) is 0 Å². The number of hydrogen-bond donors (Lipinski definition) is 0. The van der Waals surface area contributed by atoms with Crippen molar-refractivity contribution in [2.75, 3.05) is 6.61 Å². The summed E-state index contributed by atoms with van der Waals surface area (Å²) in [6.45, 7) is 5.86. The minimum Gasteiger partial charge on any atom is -0.485 e. The standard InChI is InChI=1S/C12H14O3/c1-7-4-10-11(5-8(7)2)15-12(6-14-10)9(3)13/h4-5,12H,6H2,1-3H3. The van der Waals surface area contributed by atoms with E-state index < -0.39 is 6.10 Å². The summed E-state index contributed by atoms with van der Waals surface area (Å²) in [4.78, 5) is 11.2. The van der Waals surface area contributed by atoms with Crippen molar-refractivity contribution in [3.63, 3.8) is 0 Å². The molecule has 0 saturated heterocycles. The Morgan fingerprint density at radius 2 is 1.87 bits per heavy atom. The maximum Gasteiger partial charge on any atom is 0.190 e. The second-order valence-corrected chi connectivity index (χ2v) is 3.91. The number of ketones is 1. The molecule has 2 rings (SSSR count). The minimum absolute atomic E-state index is 0.00104. The van der Waals surface area contributed by atoms with Gasteiger partial charge in [-0.1, -0.05) is 0 Å². The van der Waals surface area contributed by atoms with Crippen molar-refractivity contribution in [1.82, 2.24) is 0 Å². The van der Waals surface area contributed by atoms with E-state index in [4.69, 9.17) is 9.47 Å². The molecule has 1 aliphatic rings. The molecule has 3 nitrogen and oxygen atoms in total. The van der Waals surface area contributed by atoms with E-state index in [1.54, 1.807) is 0 Å². The van der Waals surface area contributed by atoms with Gasteiger partial charge in [0.2, 0.25) is 0 Å². The van der Waals surface area contributed by atoms with Crippen molar-refractivity contribution in [1.29, 1.82) is 0 Å². The van der Waals surface area contributed by atoms with Gasteiger partial charge in [0.1, 0.15) is 6.61 Å². The second kappa shape index (κ2) is 3.57. The Hall–Kier alpha value is -1.51. The van der Waals surface area contributed by atoms with Crippen LogP contribution in [-0.4, -0.2) is 18.5 Å². The molecule has 1 aromatic carbocycles. The number of aryl methyl sites for hydroxylation is 2. The lowest BCUT2D eigenvalue weighted by Gasteiger charge is -2.25. The van der Waals surface area contributed by atoms with E-state index in [-0.39, 0.29) is 5.78 Å². The Morgan fingerprint density at radius 3 is 2.47 bits per heavy atom. The molecule has 1 aromatic rings. The van der Waals surface area contributed by atoms with E-state index in [1.807, 2.05) is 26.0 Å². The summed E-state index contributed by atoms with van der Waals surface area (Å²) in [5, 5.41) is 0. The molecule has 80 valence electrons. The lowest BCUT2D eigenvalue weighted by Crippen LogP contribution is -2.35. The Kier molecular flexibility index (Phi) is 2.39. The molecule has 0 amide bonds. The predicted octanol–water partition coefficient (Wildman–Crippen LogP) is 2.03. The molecule has 0 N–H and O–H groups in total. The van der Waals surface area contributed by atoms with Crippen LogP contribution in [0.2, 0.25) is 0 Å². The van der Waals surface area contributed by atoms with Crippen molar-refractivity contribution in [2.45, 2.75) is 26.9 Å². The summed E-state index contributed by atoms with van der Waals surface area (Å²) in [6.07, 6.45) is -0.459. The molecule has 1 atom stereocenters. The van der Waals surface area contributed by atoms with E-state index >= 15 is 0 Å². The van der Waals surface area contributed by atoms with Gasteiger partial charge in [-0.3, -0.25) is 4.79 Å². The monoisotopic (exact) mass is 206 g/mol.